The molecular weight excluding hydrogens is 216 g/mol. The number of nitrogens with one attached hydrogen (secondary N) is 1. The van der Waals surface area contributed by atoms with Gasteiger partial charge in [0.25, 0.3) is 0 Å². The van der Waals surface area contributed by atoms with Gasteiger partial charge in [-0.25, -0.2) is 4.98 Å². The molecule has 2 aromatic rings. The van der Waals surface area contributed by atoms with E-state index < -0.39 is 0 Å². The van der Waals surface area contributed by atoms with Crippen LogP contribution in [0.4, 0.5) is 0 Å². The maximum Gasteiger partial charge on any atom is 0.172 e. The minimum absolute atomic E-state index is 0.661. The van der Waals surface area contributed by atoms with Crippen LogP contribution in [0.25, 0.3) is 11.4 Å². The summed E-state index contributed by atoms with van der Waals surface area (Å²) in [5.74, 6) is 2.26. The quantitative estimate of drug-likeness (QED) is 0.862. The van der Waals surface area contributed by atoms with Crippen molar-refractivity contribution in [2.75, 3.05) is 13.7 Å². The number of aromatic amines is 1. The molecule has 90 valence electrons. The van der Waals surface area contributed by atoms with Crippen molar-refractivity contribution in [2.45, 2.75) is 13.3 Å². The zero-order valence-corrected chi connectivity index (χ0v) is 10.1. The van der Waals surface area contributed by atoms with Gasteiger partial charge in [-0.3, -0.25) is 0 Å². The molecule has 0 radical (unpaired) electrons. The Morgan fingerprint density at radius 1 is 1.35 bits per heavy atom. The number of benzene rings is 1. The molecule has 1 aromatic heterocycles. The van der Waals surface area contributed by atoms with E-state index in [9.17, 15) is 0 Å². The number of rotatable bonds is 5. The standard InChI is InChI=1S/C13H16N2O2/c1-3-9-17-12-10(13-14-7-8-15-13)5-4-6-11(12)16-2/h4-8H,3,9H2,1-2H3,(H,14,15). The first-order valence-corrected chi connectivity index (χ1v) is 5.66. The number of imidazole rings is 1. The molecule has 0 aliphatic rings. The third-order valence-electron chi connectivity index (χ3n) is 2.40. The SMILES string of the molecule is CCCOc1c(OC)cccc1-c1ncc[nH]1. The topological polar surface area (TPSA) is 47.1 Å². The van der Waals surface area contributed by atoms with Gasteiger partial charge in [0, 0.05) is 12.4 Å². The molecule has 0 amide bonds. The Morgan fingerprint density at radius 3 is 2.88 bits per heavy atom. The Balaban J connectivity index is 2.43. The van der Waals surface area contributed by atoms with Crippen LogP contribution in [0.1, 0.15) is 13.3 Å². The molecule has 1 heterocycles. The summed E-state index contributed by atoms with van der Waals surface area (Å²) in [5, 5.41) is 0. The number of hydrogen-bond acceptors (Lipinski definition) is 3. The van der Waals surface area contributed by atoms with E-state index in [-0.39, 0.29) is 0 Å². The maximum atomic E-state index is 5.75. The second kappa shape index (κ2) is 5.39. The van der Waals surface area contributed by atoms with E-state index in [4.69, 9.17) is 9.47 Å². The summed E-state index contributed by atoms with van der Waals surface area (Å²) in [4.78, 5) is 7.31. The predicted octanol–water partition coefficient (Wildman–Crippen LogP) is 2.87. The van der Waals surface area contributed by atoms with E-state index in [1.165, 1.54) is 0 Å². The van der Waals surface area contributed by atoms with Gasteiger partial charge in [0.15, 0.2) is 11.5 Å². The summed E-state index contributed by atoms with van der Waals surface area (Å²) in [5.41, 5.74) is 0.919. The van der Waals surface area contributed by atoms with Gasteiger partial charge in [0.1, 0.15) is 5.82 Å². The molecule has 0 spiro atoms. The highest BCUT2D eigenvalue weighted by molar-refractivity contribution is 5.68. The Labute approximate surface area is 101 Å². The zero-order valence-electron chi connectivity index (χ0n) is 10.1. The normalized spacial score (nSPS) is 10.2. The Hall–Kier alpha value is -1.97. The van der Waals surface area contributed by atoms with Crippen molar-refractivity contribution in [1.29, 1.82) is 0 Å². The molecule has 4 heteroatoms. The van der Waals surface area contributed by atoms with Crippen LogP contribution in [0.15, 0.2) is 30.6 Å². The number of aromatic nitrogens is 2. The largest absolute Gasteiger partial charge is 0.493 e. The molecule has 0 saturated carbocycles. The molecule has 0 fully saturated rings. The summed E-state index contributed by atoms with van der Waals surface area (Å²) in [6, 6.07) is 5.78. The lowest BCUT2D eigenvalue weighted by molar-refractivity contribution is 0.295. The monoisotopic (exact) mass is 232 g/mol. The number of para-hydroxylation sites is 1. The summed E-state index contributed by atoms with van der Waals surface area (Å²) in [6.07, 6.45) is 4.46. The highest BCUT2D eigenvalue weighted by Gasteiger charge is 2.13. The molecule has 2 rings (SSSR count). The van der Waals surface area contributed by atoms with E-state index in [0.29, 0.717) is 6.61 Å². The summed E-state index contributed by atoms with van der Waals surface area (Å²) in [7, 11) is 1.64. The molecule has 0 atom stereocenters. The van der Waals surface area contributed by atoms with E-state index in [0.717, 1.165) is 29.3 Å². The lowest BCUT2D eigenvalue weighted by Crippen LogP contribution is -2.00. The zero-order chi connectivity index (χ0) is 12.1. The molecule has 0 aliphatic heterocycles. The smallest absolute Gasteiger partial charge is 0.172 e. The van der Waals surface area contributed by atoms with E-state index >= 15 is 0 Å². The van der Waals surface area contributed by atoms with Crippen molar-refractivity contribution in [2.24, 2.45) is 0 Å². The van der Waals surface area contributed by atoms with Gasteiger partial charge in [-0.05, 0) is 18.6 Å². The van der Waals surface area contributed by atoms with Gasteiger partial charge in [-0.15, -0.1) is 0 Å². The highest BCUT2D eigenvalue weighted by atomic mass is 16.5. The fourth-order valence-corrected chi connectivity index (χ4v) is 1.63. The van der Waals surface area contributed by atoms with Crippen molar-refractivity contribution in [3.05, 3.63) is 30.6 Å². The predicted molar refractivity (Wildman–Crippen MR) is 66.4 cm³/mol. The average molecular weight is 232 g/mol. The van der Waals surface area contributed by atoms with Crippen molar-refractivity contribution < 1.29 is 9.47 Å². The summed E-state index contributed by atoms with van der Waals surface area (Å²) in [6.45, 7) is 2.73. The number of methoxy groups -OCH3 is 1. The Bertz CT molecular complexity index is 466. The molecule has 17 heavy (non-hydrogen) atoms. The molecule has 0 aliphatic carbocycles. The molecule has 0 bridgehead atoms. The van der Waals surface area contributed by atoms with E-state index in [2.05, 4.69) is 16.9 Å². The van der Waals surface area contributed by atoms with Gasteiger partial charge in [0.05, 0.1) is 19.3 Å². The van der Waals surface area contributed by atoms with Crippen LogP contribution in [-0.4, -0.2) is 23.7 Å². The number of hydrogen-bond donors (Lipinski definition) is 1. The lowest BCUT2D eigenvalue weighted by Gasteiger charge is -2.13. The van der Waals surface area contributed by atoms with Crippen LogP contribution in [0.3, 0.4) is 0 Å². The van der Waals surface area contributed by atoms with Crippen molar-refractivity contribution in [3.63, 3.8) is 0 Å². The number of ether oxygens (including phenoxy) is 2. The van der Waals surface area contributed by atoms with Crippen molar-refractivity contribution in [1.82, 2.24) is 9.97 Å². The first-order chi connectivity index (χ1) is 8.36. The molecule has 0 unspecified atom stereocenters. The van der Waals surface area contributed by atoms with Gasteiger partial charge in [-0.1, -0.05) is 13.0 Å². The van der Waals surface area contributed by atoms with Crippen LogP contribution in [-0.2, 0) is 0 Å². The lowest BCUT2D eigenvalue weighted by atomic mass is 10.1. The third kappa shape index (κ3) is 2.41. The van der Waals surface area contributed by atoms with Crippen molar-refractivity contribution in [3.8, 4) is 22.9 Å². The molecule has 4 nitrogen and oxygen atoms in total. The van der Waals surface area contributed by atoms with Crippen LogP contribution >= 0.6 is 0 Å². The first kappa shape index (κ1) is 11.5. The van der Waals surface area contributed by atoms with Crippen LogP contribution in [0, 0.1) is 0 Å². The fraction of sp³-hybridized carbons (Fsp3) is 0.308. The molecular formula is C13H16N2O2. The Kier molecular flexibility index (Phi) is 3.65. The van der Waals surface area contributed by atoms with Crippen LogP contribution in [0.5, 0.6) is 11.5 Å². The molecule has 0 saturated heterocycles. The molecule has 1 aromatic carbocycles. The van der Waals surface area contributed by atoms with Crippen LogP contribution in [0.2, 0.25) is 0 Å². The fourth-order valence-electron chi connectivity index (χ4n) is 1.63. The third-order valence-corrected chi connectivity index (χ3v) is 2.40. The summed E-state index contributed by atoms with van der Waals surface area (Å²) < 4.78 is 11.1. The van der Waals surface area contributed by atoms with Gasteiger partial charge in [0.2, 0.25) is 0 Å². The Morgan fingerprint density at radius 2 is 2.24 bits per heavy atom. The number of nitrogens with zero attached hydrogens (tertiary/aromatic N) is 1. The second-order valence-electron chi connectivity index (χ2n) is 3.62. The molecule has 1 N–H and O–H groups in total. The minimum Gasteiger partial charge on any atom is -0.493 e. The van der Waals surface area contributed by atoms with E-state index in [1.807, 2.05) is 18.2 Å². The average Bonchev–Trinajstić information content (AvgIpc) is 2.89. The van der Waals surface area contributed by atoms with Gasteiger partial charge >= 0.3 is 0 Å². The van der Waals surface area contributed by atoms with Crippen molar-refractivity contribution >= 4 is 0 Å². The van der Waals surface area contributed by atoms with Gasteiger partial charge in [-0.2, -0.15) is 0 Å². The first-order valence-electron chi connectivity index (χ1n) is 5.66. The second-order valence-corrected chi connectivity index (χ2v) is 3.62. The summed E-state index contributed by atoms with van der Waals surface area (Å²) >= 11 is 0. The number of H-pyrrole nitrogens is 1. The van der Waals surface area contributed by atoms with E-state index in [1.54, 1.807) is 19.5 Å². The maximum absolute atomic E-state index is 5.75. The van der Waals surface area contributed by atoms with Crippen LogP contribution < -0.4 is 9.47 Å². The minimum atomic E-state index is 0.661. The van der Waals surface area contributed by atoms with Gasteiger partial charge < -0.3 is 14.5 Å². The highest BCUT2D eigenvalue weighted by Crippen LogP contribution is 2.36.